The summed E-state index contributed by atoms with van der Waals surface area (Å²) in [4.78, 5) is 15.3. The number of nitrogens with two attached hydrogens (primary N) is 1. The van der Waals surface area contributed by atoms with Gasteiger partial charge in [-0.3, -0.25) is 4.79 Å². The second kappa shape index (κ2) is 11.3. The van der Waals surface area contributed by atoms with Crippen LogP contribution >= 0.6 is 0 Å². The quantitative estimate of drug-likeness (QED) is 0.185. The van der Waals surface area contributed by atoms with Gasteiger partial charge in [0.05, 0.1) is 32.8 Å². The monoisotopic (exact) mass is 440 g/mol. The molecule has 1 aromatic carbocycles. The van der Waals surface area contributed by atoms with Crippen molar-refractivity contribution in [2.24, 2.45) is 14.1 Å². The Morgan fingerprint density at radius 1 is 1.28 bits per heavy atom. The number of aromatic amines is 1. The van der Waals surface area contributed by atoms with Crippen LogP contribution in [0.3, 0.4) is 0 Å². The number of hydrogen-bond acceptors (Lipinski definition) is 3. The van der Waals surface area contributed by atoms with Crippen LogP contribution in [0.25, 0.3) is 0 Å². The number of aryl methyl sites for hydroxylation is 3. The van der Waals surface area contributed by atoms with Crippen LogP contribution in [0.1, 0.15) is 12.2 Å². The molecule has 29 heavy (non-hydrogen) atoms. The molecular weight excluding hydrogens is 415 g/mol. The van der Waals surface area contributed by atoms with Crippen LogP contribution in [0.15, 0.2) is 49.3 Å². The van der Waals surface area contributed by atoms with E-state index in [4.69, 9.17) is 10.5 Å². The summed E-state index contributed by atoms with van der Waals surface area (Å²) in [5.41, 5.74) is 7.22. The van der Waals surface area contributed by atoms with Crippen LogP contribution in [0, 0.1) is 0 Å². The highest BCUT2D eigenvalue weighted by Gasteiger charge is 2.10. The van der Waals surface area contributed by atoms with Gasteiger partial charge >= 0.3 is 0 Å². The summed E-state index contributed by atoms with van der Waals surface area (Å²) >= 11 is 0. The zero-order valence-corrected chi connectivity index (χ0v) is 18.0. The maximum atomic E-state index is 12.1. The van der Waals surface area contributed by atoms with Gasteiger partial charge in [0.2, 0.25) is 6.33 Å². The van der Waals surface area contributed by atoms with Gasteiger partial charge in [-0.05, 0) is 24.6 Å². The first-order chi connectivity index (χ1) is 13.0. The first-order valence-electron chi connectivity index (χ1n) is 8.86. The number of benzene rings is 1. The molecule has 0 radical (unpaired) electrons. The molecule has 8 nitrogen and oxygen atoms in total. The van der Waals surface area contributed by atoms with Gasteiger partial charge in [0.15, 0.2) is 6.54 Å². The van der Waals surface area contributed by atoms with Crippen LogP contribution in [0.5, 0.6) is 5.75 Å². The lowest BCUT2D eigenvalue weighted by atomic mass is 10.2. The van der Waals surface area contributed by atoms with Crippen molar-refractivity contribution in [2.75, 3.05) is 17.7 Å². The second-order valence-electron chi connectivity index (χ2n) is 6.52. The Morgan fingerprint density at radius 3 is 2.69 bits per heavy atom. The number of halogens is 2. The van der Waals surface area contributed by atoms with E-state index in [0.717, 1.165) is 18.7 Å². The molecule has 158 valence electrons. The minimum Gasteiger partial charge on any atom is -1.00 e. The second-order valence-corrected chi connectivity index (χ2v) is 6.52. The van der Waals surface area contributed by atoms with Crippen LogP contribution in [0.4, 0.5) is 11.4 Å². The number of carbonyl (C=O) groups excluding carboxylic acids is 1. The molecule has 0 atom stereocenters. The predicted molar refractivity (Wildman–Crippen MR) is 101 cm³/mol. The fourth-order valence-corrected chi connectivity index (χ4v) is 2.83. The summed E-state index contributed by atoms with van der Waals surface area (Å²) < 4.78 is 11.5. The third kappa shape index (κ3) is 6.99. The molecule has 0 saturated heterocycles. The van der Waals surface area contributed by atoms with E-state index in [0.29, 0.717) is 23.7 Å². The summed E-state index contributed by atoms with van der Waals surface area (Å²) in [5.74, 6) is 1.67. The number of rotatable bonds is 8. The number of nitrogen functional groups attached to an aromatic ring is 1. The lowest BCUT2D eigenvalue weighted by Crippen LogP contribution is -3.00. The van der Waals surface area contributed by atoms with Crippen LogP contribution in [-0.4, -0.2) is 22.1 Å². The topological polar surface area (TPSA) is 92.8 Å². The van der Waals surface area contributed by atoms with E-state index < -0.39 is 0 Å². The zero-order chi connectivity index (χ0) is 19.2. The average molecular weight is 441 g/mol. The summed E-state index contributed by atoms with van der Waals surface area (Å²) in [5, 5.41) is 2.85. The van der Waals surface area contributed by atoms with Gasteiger partial charge in [0.1, 0.15) is 30.5 Å². The van der Waals surface area contributed by atoms with Gasteiger partial charge in [-0.25, -0.2) is 18.7 Å². The van der Waals surface area contributed by atoms with Gasteiger partial charge in [-0.2, -0.15) is 0 Å². The van der Waals surface area contributed by atoms with Crippen molar-refractivity contribution >= 4 is 17.3 Å². The fourth-order valence-electron chi connectivity index (χ4n) is 2.83. The van der Waals surface area contributed by atoms with Crippen molar-refractivity contribution in [3.8, 4) is 5.75 Å². The first-order valence-corrected chi connectivity index (χ1v) is 8.86. The molecule has 3 aromatic rings. The molecule has 1 amide bonds. The van der Waals surface area contributed by atoms with Crippen molar-refractivity contribution < 1.29 is 43.5 Å². The van der Waals surface area contributed by atoms with Crippen molar-refractivity contribution in [3.05, 3.63) is 55.1 Å². The molecule has 0 fully saturated rings. The van der Waals surface area contributed by atoms with Gasteiger partial charge in [-0.15, -0.1) is 0 Å². The number of ether oxygens (including phenoxy) is 1. The van der Waals surface area contributed by atoms with Crippen molar-refractivity contribution in [1.29, 1.82) is 0 Å². The Bertz CT molecular complexity index is 925. The molecule has 2 heterocycles. The summed E-state index contributed by atoms with van der Waals surface area (Å²) in [6.07, 6.45) is 11.2. The van der Waals surface area contributed by atoms with E-state index in [1.807, 2.05) is 49.8 Å². The van der Waals surface area contributed by atoms with E-state index in [1.165, 1.54) is 0 Å². The molecule has 0 aliphatic carbocycles. The highest BCUT2D eigenvalue weighted by molar-refractivity contribution is 5.91. The number of nitrogens with one attached hydrogen (secondary N) is 2. The minimum absolute atomic E-state index is 0. The molecule has 0 spiro atoms. The Balaban J connectivity index is 0.00000210. The fraction of sp³-hybridized carbons (Fsp3) is 0.316. The number of aromatic nitrogens is 4. The van der Waals surface area contributed by atoms with Gasteiger partial charge in [0.25, 0.3) is 11.7 Å². The van der Waals surface area contributed by atoms with E-state index in [1.54, 1.807) is 22.8 Å². The van der Waals surface area contributed by atoms with Gasteiger partial charge in [-0.1, -0.05) is 0 Å². The average Bonchev–Trinajstić information content (AvgIpc) is 3.21. The maximum Gasteiger partial charge on any atom is 0.266 e. The summed E-state index contributed by atoms with van der Waals surface area (Å²) in [6, 6.07) is 5.30. The maximum absolute atomic E-state index is 12.1. The Hall–Kier alpha value is -2.71. The normalized spacial score (nSPS) is 10.0. The van der Waals surface area contributed by atoms with Crippen molar-refractivity contribution in [3.63, 3.8) is 0 Å². The smallest absolute Gasteiger partial charge is 0.266 e. The first kappa shape index (κ1) is 24.3. The minimum atomic E-state index is -0.113. The van der Waals surface area contributed by atoms with E-state index in [9.17, 15) is 4.79 Å². The lowest BCUT2D eigenvalue weighted by molar-refractivity contribution is -0.677. The molecule has 0 unspecified atom stereocenters. The summed E-state index contributed by atoms with van der Waals surface area (Å²) in [7, 11) is 3.92. The molecule has 0 aliphatic rings. The largest absolute Gasteiger partial charge is 1.00 e. The molecule has 0 saturated carbocycles. The lowest BCUT2D eigenvalue weighted by Gasteiger charge is -2.10. The number of H-pyrrole nitrogens is 1. The van der Waals surface area contributed by atoms with Gasteiger partial charge in [0, 0.05) is 5.69 Å². The molecule has 3 rings (SSSR count). The van der Waals surface area contributed by atoms with Gasteiger partial charge < -0.3 is 40.6 Å². The molecule has 10 heteroatoms. The third-order valence-electron chi connectivity index (χ3n) is 4.23. The number of carbonyl (C=O) groups is 1. The van der Waals surface area contributed by atoms with Crippen LogP contribution in [-0.2, 0) is 31.9 Å². The highest BCUT2D eigenvalue weighted by atomic mass is 35.5. The molecule has 4 N–H and O–H groups in total. The summed E-state index contributed by atoms with van der Waals surface area (Å²) in [6.45, 7) is 0.814. The Kier molecular flexibility index (Phi) is 9.50. The standard InChI is InChI=1S/C19H24N6O2.2ClH/c1-23-9-10-25(14-23)13-19(26)22-15-5-6-17(16(20)12-15)27-11-3-4-18-21-7-8-24(18)2;;/h5-10,12,14H,3-4,11,13,20H2,1-2H3;2*1H. The zero-order valence-electron chi connectivity index (χ0n) is 16.4. The molecular formula is C19H26Cl2N6O2. The Morgan fingerprint density at radius 2 is 2.07 bits per heavy atom. The highest BCUT2D eigenvalue weighted by Crippen LogP contribution is 2.25. The van der Waals surface area contributed by atoms with Crippen molar-refractivity contribution in [1.82, 2.24) is 9.55 Å². The molecule has 2 aromatic heterocycles. The van der Waals surface area contributed by atoms with Crippen molar-refractivity contribution in [2.45, 2.75) is 19.4 Å². The number of hydrogen-bond donors (Lipinski definition) is 3. The molecule has 0 bridgehead atoms. The number of amides is 1. The number of anilines is 2. The van der Waals surface area contributed by atoms with Crippen LogP contribution in [0.2, 0.25) is 0 Å². The van der Waals surface area contributed by atoms with E-state index >= 15 is 0 Å². The van der Waals surface area contributed by atoms with E-state index in [-0.39, 0.29) is 37.3 Å². The number of imidazole rings is 2. The number of nitrogens with zero attached hydrogens (tertiary/aromatic N) is 3. The molecule has 0 aliphatic heterocycles. The van der Waals surface area contributed by atoms with E-state index in [2.05, 4.69) is 14.9 Å². The third-order valence-corrected chi connectivity index (χ3v) is 4.23. The Labute approximate surface area is 182 Å². The van der Waals surface area contributed by atoms with Crippen LogP contribution < -0.4 is 49.7 Å². The SMILES string of the molecule is C[n+]1ccn(CC(=O)Nc2ccc(OCCCc3[nH]cc[n+]3C)c(N)c2)c1.[Cl-].[Cl-]. The predicted octanol–water partition coefficient (Wildman–Crippen LogP) is -5.29.